The van der Waals surface area contributed by atoms with E-state index < -0.39 is 0 Å². The Balaban J connectivity index is 1.92. The standard InChI is InChI=1S/C17H19BClO3/c1-2-3-11-21-18-22-17-12-15(19)9-10-16(17)20-13-14-7-5-4-6-8-14/h4-10,12H,2-3,11,13H2,1H3. The second-order valence-corrected chi connectivity index (χ2v) is 5.24. The Morgan fingerprint density at radius 1 is 1.05 bits per heavy atom. The van der Waals surface area contributed by atoms with Gasteiger partial charge in [0.25, 0.3) is 0 Å². The second kappa shape index (κ2) is 9.39. The maximum Gasteiger partial charge on any atom is 0.572 e. The third-order valence-corrected chi connectivity index (χ3v) is 3.24. The fraction of sp³-hybridized carbons (Fsp3) is 0.294. The van der Waals surface area contributed by atoms with Crippen LogP contribution < -0.4 is 9.39 Å². The zero-order chi connectivity index (χ0) is 15.6. The number of hydrogen-bond donors (Lipinski definition) is 0. The average Bonchev–Trinajstić information content (AvgIpc) is 2.55. The molecule has 2 aromatic carbocycles. The molecule has 0 atom stereocenters. The quantitative estimate of drug-likeness (QED) is 0.498. The van der Waals surface area contributed by atoms with Gasteiger partial charge >= 0.3 is 7.69 Å². The molecule has 0 amide bonds. The van der Waals surface area contributed by atoms with Crippen molar-refractivity contribution in [3.05, 3.63) is 59.1 Å². The lowest BCUT2D eigenvalue weighted by molar-refractivity contribution is 0.268. The van der Waals surface area contributed by atoms with E-state index in [1.807, 2.05) is 30.3 Å². The third kappa shape index (κ3) is 5.62. The minimum absolute atomic E-state index is 0.468. The predicted molar refractivity (Wildman–Crippen MR) is 89.5 cm³/mol. The number of benzene rings is 2. The van der Waals surface area contributed by atoms with Crippen molar-refractivity contribution in [2.75, 3.05) is 6.61 Å². The van der Waals surface area contributed by atoms with Crippen molar-refractivity contribution in [1.29, 1.82) is 0 Å². The van der Waals surface area contributed by atoms with E-state index in [4.69, 9.17) is 25.6 Å². The van der Waals surface area contributed by atoms with E-state index >= 15 is 0 Å². The molecule has 3 nitrogen and oxygen atoms in total. The highest BCUT2D eigenvalue weighted by molar-refractivity contribution is 6.30. The first-order valence-electron chi connectivity index (χ1n) is 7.36. The van der Waals surface area contributed by atoms with Crippen molar-refractivity contribution >= 4 is 19.3 Å². The Kier molecular flexibility index (Phi) is 7.14. The molecule has 0 aromatic heterocycles. The summed E-state index contributed by atoms with van der Waals surface area (Å²) in [5.74, 6) is 1.17. The van der Waals surface area contributed by atoms with Crippen LogP contribution in [-0.4, -0.2) is 14.3 Å². The van der Waals surface area contributed by atoms with Gasteiger partial charge in [0.15, 0.2) is 5.75 Å². The summed E-state index contributed by atoms with van der Waals surface area (Å²) in [6.07, 6.45) is 2.07. The Morgan fingerprint density at radius 2 is 1.86 bits per heavy atom. The zero-order valence-electron chi connectivity index (χ0n) is 12.6. The maximum atomic E-state index is 6.01. The van der Waals surface area contributed by atoms with Gasteiger partial charge in [0.05, 0.1) is 0 Å². The Labute approximate surface area is 137 Å². The number of halogens is 1. The normalized spacial score (nSPS) is 10.3. The van der Waals surface area contributed by atoms with Crippen LogP contribution in [-0.2, 0) is 11.3 Å². The minimum atomic E-state index is 0.468. The van der Waals surface area contributed by atoms with Gasteiger partial charge in [-0.15, -0.1) is 0 Å². The lowest BCUT2D eigenvalue weighted by atomic mass is 10.2. The number of ether oxygens (including phenoxy) is 1. The van der Waals surface area contributed by atoms with Crippen LogP contribution in [0, 0.1) is 0 Å². The monoisotopic (exact) mass is 317 g/mol. The molecule has 0 spiro atoms. The molecular weight excluding hydrogens is 298 g/mol. The molecule has 2 aromatic rings. The van der Waals surface area contributed by atoms with Crippen LogP contribution in [0.1, 0.15) is 25.3 Å². The van der Waals surface area contributed by atoms with Gasteiger partial charge in [0.2, 0.25) is 0 Å². The minimum Gasteiger partial charge on any atom is -0.535 e. The summed E-state index contributed by atoms with van der Waals surface area (Å²) >= 11 is 6.01. The fourth-order valence-corrected chi connectivity index (χ4v) is 1.95. The smallest absolute Gasteiger partial charge is 0.535 e. The molecule has 0 unspecified atom stereocenters. The Morgan fingerprint density at radius 3 is 2.64 bits per heavy atom. The molecular formula is C17H19BClO3. The van der Waals surface area contributed by atoms with E-state index in [9.17, 15) is 0 Å². The lowest BCUT2D eigenvalue weighted by Gasteiger charge is -2.13. The summed E-state index contributed by atoms with van der Waals surface area (Å²) < 4.78 is 16.6. The van der Waals surface area contributed by atoms with E-state index in [-0.39, 0.29) is 0 Å². The SMILES string of the molecule is CCCCO[B]Oc1cc(Cl)ccc1OCc1ccccc1. The van der Waals surface area contributed by atoms with Crippen LogP contribution in [0.25, 0.3) is 0 Å². The highest BCUT2D eigenvalue weighted by Crippen LogP contribution is 2.30. The first kappa shape index (κ1) is 16.7. The summed E-state index contributed by atoms with van der Waals surface area (Å²) in [5, 5.41) is 0.587. The van der Waals surface area contributed by atoms with Crippen molar-refractivity contribution < 1.29 is 14.0 Å². The molecule has 0 N–H and O–H groups in total. The van der Waals surface area contributed by atoms with Crippen molar-refractivity contribution in [3.63, 3.8) is 0 Å². The van der Waals surface area contributed by atoms with E-state index in [0.717, 1.165) is 18.4 Å². The maximum absolute atomic E-state index is 6.01. The first-order valence-corrected chi connectivity index (χ1v) is 7.73. The lowest BCUT2D eigenvalue weighted by Crippen LogP contribution is -2.09. The highest BCUT2D eigenvalue weighted by Gasteiger charge is 2.08. The van der Waals surface area contributed by atoms with Gasteiger partial charge < -0.3 is 14.0 Å². The molecule has 2 rings (SSSR count). The van der Waals surface area contributed by atoms with Crippen molar-refractivity contribution in [3.8, 4) is 11.5 Å². The van der Waals surface area contributed by atoms with Crippen LogP contribution >= 0.6 is 11.6 Å². The molecule has 5 heteroatoms. The summed E-state index contributed by atoms with van der Waals surface area (Å²) in [6.45, 7) is 3.21. The van der Waals surface area contributed by atoms with E-state index in [1.165, 1.54) is 7.69 Å². The van der Waals surface area contributed by atoms with Gasteiger partial charge in [-0.05, 0) is 24.1 Å². The van der Waals surface area contributed by atoms with Gasteiger partial charge in [-0.1, -0.05) is 55.3 Å². The topological polar surface area (TPSA) is 27.7 Å². The van der Waals surface area contributed by atoms with Crippen LogP contribution in [0.4, 0.5) is 0 Å². The van der Waals surface area contributed by atoms with Crippen molar-refractivity contribution in [1.82, 2.24) is 0 Å². The second-order valence-electron chi connectivity index (χ2n) is 4.80. The molecule has 0 aliphatic heterocycles. The van der Waals surface area contributed by atoms with Gasteiger partial charge in [0.1, 0.15) is 12.4 Å². The number of unbranched alkanes of at least 4 members (excludes halogenated alkanes) is 1. The third-order valence-electron chi connectivity index (χ3n) is 3.00. The highest BCUT2D eigenvalue weighted by atomic mass is 35.5. The largest absolute Gasteiger partial charge is 0.572 e. The van der Waals surface area contributed by atoms with E-state index in [0.29, 0.717) is 29.7 Å². The van der Waals surface area contributed by atoms with Gasteiger partial charge in [-0.3, -0.25) is 0 Å². The summed E-state index contributed by atoms with van der Waals surface area (Å²) in [5.41, 5.74) is 1.09. The fourth-order valence-electron chi connectivity index (χ4n) is 1.79. The van der Waals surface area contributed by atoms with Crippen LogP contribution in [0.3, 0.4) is 0 Å². The van der Waals surface area contributed by atoms with Gasteiger partial charge in [0, 0.05) is 17.7 Å². The number of hydrogen-bond acceptors (Lipinski definition) is 3. The summed E-state index contributed by atoms with van der Waals surface area (Å²) in [6, 6.07) is 15.2. The first-order chi connectivity index (χ1) is 10.8. The Bertz CT molecular complexity index is 563. The molecule has 0 heterocycles. The Hall–Kier alpha value is -1.65. The average molecular weight is 318 g/mol. The molecule has 0 aliphatic rings. The van der Waals surface area contributed by atoms with E-state index in [2.05, 4.69) is 6.92 Å². The molecule has 0 aliphatic carbocycles. The summed E-state index contributed by atoms with van der Waals surface area (Å²) in [4.78, 5) is 0. The molecule has 0 saturated heterocycles. The molecule has 0 bridgehead atoms. The van der Waals surface area contributed by atoms with Crippen LogP contribution in [0.2, 0.25) is 5.02 Å². The molecule has 0 saturated carbocycles. The van der Waals surface area contributed by atoms with Gasteiger partial charge in [-0.25, -0.2) is 0 Å². The van der Waals surface area contributed by atoms with Crippen molar-refractivity contribution in [2.45, 2.75) is 26.4 Å². The molecule has 0 fully saturated rings. The van der Waals surface area contributed by atoms with E-state index in [1.54, 1.807) is 18.2 Å². The van der Waals surface area contributed by atoms with Crippen molar-refractivity contribution in [2.24, 2.45) is 0 Å². The predicted octanol–water partition coefficient (Wildman–Crippen LogP) is 4.65. The van der Waals surface area contributed by atoms with Crippen LogP contribution in [0.5, 0.6) is 11.5 Å². The molecule has 22 heavy (non-hydrogen) atoms. The molecule has 1 radical (unpaired) electrons. The molecule has 115 valence electrons. The summed E-state index contributed by atoms with van der Waals surface area (Å²) in [7, 11) is 1.33. The zero-order valence-corrected chi connectivity index (χ0v) is 13.4. The number of rotatable bonds is 9. The van der Waals surface area contributed by atoms with Crippen LogP contribution in [0.15, 0.2) is 48.5 Å². The van der Waals surface area contributed by atoms with Gasteiger partial charge in [-0.2, -0.15) is 0 Å².